The van der Waals surface area contributed by atoms with Gasteiger partial charge < -0.3 is 4.90 Å². The molecule has 0 heterocycles. The predicted molar refractivity (Wildman–Crippen MR) is 176 cm³/mol. The quantitative estimate of drug-likeness (QED) is 0.177. The van der Waals surface area contributed by atoms with E-state index >= 15 is 0 Å². The Morgan fingerprint density at radius 1 is 0.822 bits per heavy atom. The van der Waals surface area contributed by atoms with E-state index in [4.69, 9.17) is 0 Å². The maximum absolute atomic E-state index is 11.5. The van der Waals surface area contributed by atoms with E-state index in [0.717, 1.165) is 55.9 Å². The highest BCUT2D eigenvalue weighted by Gasteiger charge is 2.20. The number of hydrogen-bond acceptors (Lipinski definition) is 6. The molecule has 11 heteroatoms. The van der Waals surface area contributed by atoms with Gasteiger partial charge in [0.05, 0.1) is 15.4 Å². The van der Waals surface area contributed by atoms with Gasteiger partial charge in [0, 0.05) is 37.0 Å². The van der Waals surface area contributed by atoms with Crippen LogP contribution < -0.4 is 4.90 Å². The highest BCUT2D eigenvalue weighted by Crippen LogP contribution is 2.31. The van der Waals surface area contributed by atoms with Crippen molar-refractivity contribution in [1.29, 1.82) is 5.26 Å². The van der Waals surface area contributed by atoms with Crippen LogP contribution in [0.1, 0.15) is 40.3 Å². The van der Waals surface area contributed by atoms with Crippen LogP contribution in [0.2, 0.25) is 0 Å². The third-order valence-corrected chi connectivity index (χ3v) is 9.69. The number of aryl methyl sites for hydroxylation is 3. The van der Waals surface area contributed by atoms with Gasteiger partial charge >= 0.3 is 0 Å². The molecule has 0 unspecified atom stereocenters. The topological polar surface area (TPSA) is 139 Å². The van der Waals surface area contributed by atoms with Crippen molar-refractivity contribution in [2.75, 3.05) is 19.0 Å². The predicted octanol–water partition coefficient (Wildman–Crippen LogP) is 5.82. The third kappa shape index (κ3) is 7.67. The number of nitriles is 1. The fourth-order valence-corrected chi connectivity index (χ4v) is 6.43. The van der Waals surface area contributed by atoms with E-state index in [2.05, 4.69) is 6.07 Å². The van der Waals surface area contributed by atoms with Crippen LogP contribution in [0.4, 0.5) is 5.69 Å². The summed E-state index contributed by atoms with van der Waals surface area (Å²) in [4.78, 5) is 1.76. The molecule has 1 aliphatic carbocycles. The van der Waals surface area contributed by atoms with Crippen LogP contribution in [-0.4, -0.2) is 50.3 Å². The Labute approximate surface area is 265 Å². The molecule has 0 spiro atoms. The van der Waals surface area contributed by atoms with Crippen LogP contribution in [0, 0.1) is 32.1 Å². The molecule has 0 aliphatic heterocycles. The Kier molecular flexibility index (Phi) is 9.65. The molecule has 9 nitrogen and oxygen atoms in total. The minimum Gasteiger partial charge on any atom is -0.370 e. The highest BCUT2D eigenvalue weighted by atomic mass is 32.2. The Morgan fingerprint density at radius 3 is 1.89 bits per heavy atom. The lowest BCUT2D eigenvalue weighted by Gasteiger charge is -2.22. The van der Waals surface area contributed by atoms with Gasteiger partial charge in [-0.1, -0.05) is 18.2 Å². The fourth-order valence-electron chi connectivity index (χ4n) is 5.30. The number of anilines is 1. The molecule has 0 bridgehead atoms. The van der Waals surface area contributed by atoms with Gasteiger partial charge in [-0.15, -0.1) is 0 Å². The first-order chi connectivity index (χ1) is 21.0. The molecule has 0 atom stereocenters. The molecule has 3 aromatic rings. The van der Waals surface area contributed by atoms with Crippen molar-refractivity contribution in [1.82, 2.24) is 0 Å². The summed E-state index contributed by atoms with van der Waals surface area (Å²) in [7, 11) is -4.66. The van der Waals surface area contributed by atoms with Crippen molar-refractivity contribution in [3.8, 4) is 6.07 Å². The van der Waals surface area contributed by atoms with E-state index in [1.807, 2.05) is 73.8 Å². The van der Waals surface area contributed by atoms with Crippen LogP contribution in [0.25, 0.3) is 5.57 Å². The van der Waals surface area contributed by atoms with Gasteiger partial charge in [-0.2, -0.15) is 22.1 Å². The molecule has 2 N–H and O–H groups in total. The molecule has 4 rings (SSSR count). The van der Waals surface area contributed by atoms with Gasteiger partial charge in [-0.3, -0.25) is 9.11 Å². The van der Waals surface area contributed by atoms with Gasteiger partial charge in [-0.05, 0) is 109 Å². The Bertz CT molecular complexity index is 2080. The van der Waals surface area contributed by atoms with Gasteiger partial charge in [0.2, 0.25) is 0 Å². The van der Waals surface area contributed by atoms with Gasteiger partial charge in [0.25, 0.3) is 20.2 Å². The van der Waals surface area contributed by atoms with Crippen molar-refractivity contribution < 1.29 is 30.5 Å². The van der Waals surface area contributed by atoms with E-state index in [1.54, 1.807) is 26.0 Å². The van der Waals surface area contributed by atoms with E-state index in [0.29, 0.717) is 18.7 Å². The fraction of sp³-hybridized carbons (Fsp3) is 0.235. The minimum absolute atomic E-state index is 0.135. The first kappa shape index (κ1) is 33.6. The molecule has 0 radical (unpaired) electrons. The number of benzene rings is 3. The van der Waals surface area contributed by atoms with E-state index in [1.165, 1.54) is 24.3 Å². The Morgan fingerprint density at radius 2 is 1.40 bits per heavy atom. The maximum atomic E-state index is 11.5. The molecular formula is C34H36N3O6S2+. The molecule has 45 heavy (non-hydrogen) atoms. The summed E-state index contributed by atoms with van der Waals surface area (Å²) < 4.78 is 66.6. The second-order valence-electron chi connectivity index (χ2n) is 11.3. The molecule has 0 fully saturated rings. The van der Waals surface area contributed by atoms with Crippen LogP contribution >= 0.6 is 0 Å². The van der Waals surface area contributed by atoms with Crippen LogP contribution in [0.5, 0.6) is 0 Å². The van der Waals surface area contributed by atoms with Crippen molar-refractivity contribution >= 4 is 37.2 Å². The zero-order valence-electron chi connectivity index (χ0n) is 26.0. The second kappa shape index (κ2) is 12.9. The van der Waals surface area contributed by atoms with E-state index in [-0.39, 0.29) is 9.79 Å². The lowest BCUT2D eigenvalue weighted by atomic mass is 9.90. The van der Waals surface area contributed by atoms with Crippen molar-refractivity contribution in [2.24, 2.45) is 0 Å². The molecule has 234 valence electrons. The van der Waals surface area contributed by atoms with Crippen LogP contribution in [-0.2, 0) is 33.3 Å². The van der Waals surface area contributed by atoms with Gasteiger partial charge in [0.15, 0.2) is 12.3 Å². The summed E-state index contributed by atoms with van der Waals surface area (Å²) in [6.45, 7) is 8.56. The molecule has 0 amide bonds. The average Bonchev–Trinajstić information content (AvgIpc) is 2.95. The van der Waals surface area contributed by atoms with Crippen molar-refractivity contribution in [2.45, 2.75) is 50.6 Å². The second-order valence-corrected chi connectivity index (χ2v) is 14.2. The number of rotatable bonds is 8. The summed E-state index contributed by atoms with van der Waals surface area (Å²) in [5.74, 6) is 0. The lowest BCUT2D eigenvalue weighted by Crippen LogP contribution is -2.17. The van der Waals surface area contributed by atoms with Gasteiger partial charge in [0.1, 0.15) is 13.1 Å². The van der Waals surface area contributed by atoms with Crippen molar-refractivity contribution in [3.63, 3.8) is 0 Å². The molecule has 0 saturated heterocycles. The average molecular weight is 647 g/mol. The smallest absolute Gasteiger partial charge is 0.294 e. The van der Waals surface area contributed by atoms with Crippen molar-refractivity contribution in [3.05, 3.63) is 117 Å². The largest absolute Gasteiger partial charge is 0.370 e. The summed E-state index contributed by atoms with van der Waals surface area (Å²) in [5.41, 5.74) is 9.26. The monoisotopic (exact) mass is 646 g/mol. The first-order valence-corrected chi connectivity index (χ1v) is 16.9. The molecular weight excluding hydrogens is 611 g/mol. The number of allylic oxidation sites excluding steroid dienone is 6. The lowest BCUT2D eigenvalue weighted by molar-refractivity contribution is -0.512. The molecule has 3 aromatic carbocycles. The third-order valence-electron chi connectivity index (χ3n) is 7.99. The minimum atomic E-state index is -4.27. The normalized spacial score (nSPS) is 15.8. The van der Waals surface area contributed by atoms with Crippen LogP contribution in [0.15, 0.2) is 93.8 Å². The number of hydrogen-bond donors (Lipinski definition) is 2. The standard InChI is InChI=1S/C34H35N3O6S2/c1-22-17-30(44(38,39)40)11-7-26(22)20-36(5)28-9-13-32(24(3)15-28)34(19-35)33-14-10-29(16-25(33)4)37(6)21-27-8-12-31(18-23(27)2)45(41,42)43/h7-18H,20-21H2,1-6H3,(H-,38,39,40,41,42,43)/p+1. The van der Waals surface area contributed by atoms with Gasteiger partial charge in [-0.25, -0.2) is 4.58 Å². The summed E-state index contributed by atoms with van der Waals surface area (Å²) in [6.07, 6.45) is 5.91. The van der Waals surface area contributed by atoms with E-state index < -0.39 is 20.2 Å². The highest BCUT2D eigenvalue weighted by molar-refractivity contribution is 7.86. The van der Waals surface area contributed by atoms with Crippen LogP contribution in [0.3, 0.4) is 0 Å². The zero-order valence-corrected chi connectivity index (χ0v) is 27.7. The molecule has 0 aromatic heterocycles. The Balaban J connectivity index is 1.57. The summed E-state index contributed by atoms with van der Waals surface area (Å²) in [6, 6.07) is 17.4. The maximum Gasteiger partial charge on any atom is 0.294 e. The van der Waals surface area contributed by atoms with E-state index in [9.17, 15) is 31.2 Å². The summed E-state index contributed by atoms with van der Waals surface area (Å²) in [5, 5.41) is 10.2. The first-order valence-electron chi connectivity index (χ1n) is 14.0. The zero-order chi connectivity index (χ0) is 33.3. The molecule has 0 saturated carbocycles. The number of nitrogens with zero attached hydrogens (tertiary/aromatic N) is 3. The SMILES string of the molecule is CC1=CC(=[N+](C)Cc2ccc(S(=O)(=O)O)cc2C)C=C/C1=C(\C#N)c1ccc(N(C)Cc2ccc(S(=O)(=O)O)cc2C)cc1C. The Hall–Kier alpha value is -4.34. The summed E-state index contributed by atoms with van der Waals surface area (Å²) >= 11 is 0. The molecule has 1 aliphatic rings.